The molecule has 0 saturated heterocycles. The fourth-order valence-corrected chi connectivity index (χ4v) is 3.67. The van der Waals surface area contributed by atoms with Crippen LogP contribution in [-0.2, 0) is 24.1 Å². The monoisotopic (exact) mass is 396 g/mol. The molecule has 1 aliphatic rings. The molecule has 0 fully saturated rings. The van der Waals surface area contributed by atoms with Crippen LogP contribution in [0, 0.1) is 0 Å². The van der Waals surface area contributed by atoms with Gasteiger partial charge in [0.2, 0.25) is 0 Å². The largest absolute Gasteiger partial charge is 0.444 e. The van der Waals surface area contributed by atoms with Gasteiger partial charge in [-0.3, -0.25) is 0 Å². The topological polar surface area (TPSA) is 61.8 Å². The molecule has 2 aromatic carbocycles. The highest BCUT2D eigenvalue weighted by molar-refractivity contribution is 5.68. The van der Waals surface area contributed by atoms with E-state index in [-0.39, 0.29) is 18.7 Å². The zero-order chi connectivity index (χ0) is 20.9. The Balaban J connectivity index is 1.67. The summed E-state index contributed by atoms with van der Waals surface area (Å²) in [6, 6.07) is 18.3. The lowest BCUT2D eigenvalue weighted by molar-refractivity contribution is 0.0123. The van der Waals surface area contributed by atoms with Crippen molar-refractivity contribution in [2.75, 3.05) is 13.1 Å². The zero-order valence-electron chi connectivity index (χ0n) is 17.6. The van der Waals surface area contributed by atoms with Crippen LogP contribution in [0.25, 0.3) is 0 Å². The minimum Gasteiger partial charge on any atom is -0.444 e. The van der Waals surface area contributed by atoms with Crippen LogP contribution in [-0.4, -0.2) is 46.9 Å². The van der Waals surface area contributed by atoms with Crippen molar-refractivity contribution in [2.45, 2.75) is 57.9 Å². The van der Waals surface area contributed by atoms with Crippen LogP contribution in [0.2, 0.25) is 0 Å². The maximum Gasteiger partial charge on any atom is 0.410 e. The highest BCUT2D eigenvalue weighted by atomic mass is 16.6. The zero-order valence-corrected chi connectivity index (χ0v) is 17.6. The predicted octanol–water partition coefficient (Wildman–Crippen LogP) is 3.54. The summed E-state index contributed by atoms with van der Waals surface area (Å²) >= 11 is 0. The summed E-state index contributed by atoms with van der Waals surface area (Å²) in [4.78, 5) is 14.5. The molecule has 29 heavy (non-hydrogen) atoms. The summed E-state index contributed by atoms with van der Waals surface area (Å²) in [7, 11) is 0. The Morgan fingerprint density at radius 1 is 1.14 bits per heavy atom. The molecule has 1 amide bonds. The number of carbonyl (C=O) groups excluding carboxylic acids is 1. The first kappa shape index (κ1) is 21.3. The number of hydrogen-bond acceptors (Lipinski definition) is 4. The van der Waals surface area contributed by atoms with Gasteiger partial charge in [0.15, 0.2) is 0 Å². The van der Waals surface area contributed by atoms with E-state index in [0.717, 1.165) is 18.5 Å². The second kappa shape index (κ2) is 9.42. The van der Waals surface area contributed by atoms with Crippen molar-refractivity contribution in [1.29, 1.82) is 0 Å². The third-order valence-corrected chi connectivity index (χ3v) is 5.00. The molecule has 0 bridgehead atoms. The SMILES string of the molecule is CC(C)(C)OC(=O)N(CC(O)Cc1ccccc1)C[C@@H]1Cc2ccccc2CN1. The van der Waals surface area contributed by atoms with Gasteiger partial charge in [-0.15, -0.1) is 0 Å². The van der Waals surface area contributed by atoms with Gasteiger partial charge in [0.05, 0.1) is 12.6 Å². The lowest BCUT2D eigenvalue weighted by atomic mass is 9.95. The standard InChI is InChI=1S/C24H32N2O3/c1-24(2,3)29-23(28)26(17-22(27)13-18-9-5-4-6-10-18)16-21-14-19-11-7-8-12-20(19)15-25-21/h4-12,21-22,25,27H,13-17H2,1-3H3/t21-,22?/m0/s1. The van der Waals surface area contributed by atoms with E-state index in [9.17, 15) is 9.90 Å². The molecule has 5 nitrogen and oxygen atoms in total. The Kier molecular flexibility index (Phi) is 6.93. The van der Waals surface area contributed by atoms with E-state index < -0.39 is 11.7 Å². The van der Waals surface area contributed by atoms with Gasteiger partial charge in [0.25, 0.3) is 0 Å². The summed E-state index contributed by atoms with van der Waals surface area (Å²) < 4.78 is 5.61. The van der Waals surface area contributed by atoms with E-state index in [1.165, 1.54) is 11.1 Å². The fraction of sp³-hybridized carbons (Fsp3) is 0.458. The molecule has 0 saturated carbocycles. The molecule has 156 valence electrons. The molecule has 2 aromatic rings. The van der Waals surface area contributed by atoms with E-state index in [4.69, 9.17) is 4.74 Å². The number of nitrogens with one attached hydrogen (secondary N) is 1. The summed E-state index contributed by atoms with van der Waals surface area (Å²) in [5.41, 5.74) is 3.09. The molecule has 0 aliphatic carbocycles. The van der Waals surface area contributed by atoms with Gasteiger partial charge in [-0.05, 0) is 43.9 Å². The summed E-state index contributed by atoms with van der Waals surface area (Å²) in [6.45, 7) is 7.10. The van der Waals surface area contributed by atoms with Gasteiger partial charge < -0.3 is 20.1 Å². The van der Waals surface area contributed by atoms with E-state index >= 15 is 0 Å². The molecule has 1 heterocycles. The predicted molar refractivity (Wildman–Crippen MR) is 115 cm³/mol. The third-order valence-electron chi connectivity index (χ3n) is 5.00. The lowest BCUT2D eigenvalue weighted by Crippen LogP contribution is -2.50. The number of carbonyl (C=O) groups is 1. The molecular weight excluding hydrogens is 364 g/mol. The van der Waals surface area contributed by atoms with Crippen molar-refractivity contribution in [3.05, 3.63) is 71.3 Å². The second-order valence-electron chi connectivity index (χ2n) is 8.78. The Bertz CT molecular complexity index is 801. The average molecular weight is 397 g/mol. The van der Waals surface area contributed by atoms with Crippen molar-refractivity contribution in [3.63, 3.8) is 0 Å². The molecule has 1 aliphatic heterocycles. The van der Waals surface area contributed by atoms with Crippen LogP contribution < -0.4 is 5.32 Å². The van der Waals surface area contributed by atoms with Gasteiger partial charge in [0, 0.05) is 25.6 Å². The van der Waals surface area contributed by atoms with Gasteiger partial charge in [-0.1, -0.05) is 54.6 Å². The quantitative estimate of drug-likeness (QED) is 0.784. The number of ether oxygens (including phenoxy) is 1. The smallest absolute Gasteiger partial charge is 0.410 e. The molecule has 2 N–H and O–H groups in total. The molecular formula is C24H32N2O3. The van der Waals surface area contributed by atoms with Crippen LogP contribution in [0.3, 0.4) is 0 Å². The first-order chi connectivity index (χ1) is 13.8. The van der Waals surface area contributed by atoms with E-state index in [0.29, 0.717) is 13.0 Å². The highest BCUT2D eigenvalue weighted by Crippen LogP contribution is 2.18. The number of aliphatic hydroxyl groups is 1. The minimum absolute atomic E-state index is 0.126. The van der Waals surface area contributed by atoms with Crippen LogP contribution >= 0.6 is 0 Å². The maximum atomic E-state index is 12.8. The number of nitrogens with zero attached hydrogens (tertiary/aromatic N) is 1. The summed E-state index contributed by atoms with van der Waals surface area (Å²) in [6.07, 6.45) is 0.316. The van der Waals surface area contributed by atoms with Crippen molar-refractivity contribution in [2.24, 2.45) is 0 Å². The fourth-order valence-electron chi connectivity index (χ4n) is 3.67. The highest BCUT2D eigenvalue weighted by Gasteiger charge is 2.28. The van der Waals surface area contributed by atoms with Crippen LogP contribution in [0.4, 0.5) is 4.79 Å². The van der Waals surface area contributed by atoms with E-state index in [2.05, 4.69) is 23.5 Å². The third kappa shape index (κ3) is 6.58. The molecule has 5 heteroatoms. The van der Waals surface area contributed by atoms with Gasteiger partial charge >= 0.3 is 6.09 Å². The molecule has 0 radical (unpaired) electrons. The number of amides is 1. The second-order valence-corrected chi connectivity index (χ2v) is 8.78. The van der Waals surface area contributed by atoms with E-state index in [1.807, 2.05) is 57.2 Å². The van der Waals surface area contributed by atoms with Crippen LogP contribution in [0.15, 0.2) is 54.6 Å². The molecule has 2 atom stereocenters. The number of aliphatic hydroxyl groups excluding tert-OH is 1. The average Bonchev–Trinajstić information content (AvgIpc) is 2.67. The van der Waals surface area contributed by atoms with Crippen LogP contribution in [0.1, 0.15) is 37.5 Å². The first-order valence-corrected chi connectivity index (χ1v) is 10.3. The Morgan fingerprint density at radius 3 is 2.48 bits per heavy atom. The molecule has 3 rings (SSSR count). The lowest BCUT2D eigenvalue weighted by Gasteiger charge is -2.34. The summed E-state index contributed by atoms with van der Waals surface area (Å²) in [5, 5.41) is 14.2. The van der Waals surface area contributed by atoms with Crippen molar-refractivity contribution >= 4 is 6.09 Å². The molecule has 0 spiro atoms. The molecule has 1 unspecified atom stereocenters. The molecule has 0 aromatic heterocycles. The van der Waals surface area contributed by atoms with Gasteiger partial charge in [-0.2, -0.15) is 0 Å². The number of rotatable bonds is 6. The Morgan fingerprint density at radius 2 is 1.79 bits per heavy atom. The first-order valence-electron chi connectivity index (χ1n) is 10.3. The van der Waals surface area contributed by atoms with Crippen molar-refractivity contribution in [1.82, 2.24) is 10.2 Å². The Hall–Kier alpha value is -2.37. The number of fused-ring (bicyclic) bond motifs is 1. The number of hydrogen-bond donors (Lipinski definition) is 2. The van der Waals surface area contributed by atoms with Crippen molar-refractivity contribution < 1.29 is 14.6 Å². The van der Waals surface area contributed by atoms with Gasteiger partial charge in [0.1, 0.15) is 5.60 Å². The Labute approximate surface area is 173 Å². The van der Waals surface area contributed by atoms with Crippen molar-refractivity contribution in [3.8, 4) is 0 Å². The maximum absolute atomic E-state index is 12.8. The number of benzene rings is 2. The minimum atomic E-state index is -0.652. The summed E-state index contributed by atoms with van der Waals surface area (Å²) in [5.74, 6) is 0. The van der Waals surface area contributed by atoms with Crippen LogP contribution in [0.5, 0.6) is 0 Å². The normalized spacial score (nSPS) is 17.3. The van der Waals surface area contributed by atoms with E-state index in [1.54, 1.807) is 4.90 Å². The van der Waals surface area contributed by atoms with Gasteiger partial charge in [-0.25, -0.2) is 4.79 Å².